The lowest BCUT2D eigenvalue weighted by molar-refractivity contribution is -0.118. The molecule has 0 aromatic carbocycles. The van der Waals surface area contributed by atoms with E-state index in [0.717, 1.165) is 54.8 Å². The number of thioether (sulfide) groups is 2. The Bertz CT molecular complexity index is 854. The molecule has 2 heterocycles. The van der Waals surface area contributed by atoms with Crippen molar-refractivity contribution in [3.05, 3.63) is 32.3 Å². The van der Waals surface area contributed by atoms with Crippen molar-refractivity contribution in [1.82, 2.24) is 10.6 Å². The maximum Gasteiger partial charge on any atom is 0.230 e. The third-order valence-corrected chi connectivity index (χ3v) is 7.63. The largest absolute Gasteiger partial charge is 0.383 e. The first-order valence-corrected chi connectivity index (χ1v) is 11.7. The Morgan fingerprint density at radius 2 is 2.21 bits per heavy atom. The number of nitrogens with two attached hydrogens (primary N) is 1. The Morgan fingerprint density at radius 1 is 1.46 bits per heavy atom. The Hall–Kier alpha value is -1.85. The quantitative estimate of drug-likeness (QED) is 0.650. The molecule has 2 fully saturated rings. The highest BCUT2D eigenvalue weighted by Crippen LogP contribution is 2.54. The van der Waals surface area contributed by atoms with Crippen molar-refractivity contribution in [2.24, 2.45) is 16.1 Å². The van der Waals surface area contributed by atoms with Crippen LogP contribution in [0.2, 0.25) is 0 Å². The number of hydrogen-bond acceptors (Lipinski definition) is 7. The summed E-state index contributed by atoms with van der Waals surface area (Å²) < 4.78 is 0. The average molecular weight is 416 g/mol. The van der Waals surface area contributed by atoms with Gasteiger partial charge in [-0.05, 0) is 38.0 Å². The van der Waals surface area contributed by atoms with Crippen LogP contribution < -0.4 is 16.4 Å². The van der Waals surface area contributed by atoms with Crippen molar-refractivity contribution in [2.45, 2.75) is 57.9 Å². The second kappa shape index (κ2) is 7.88. The number of allylic oxidation sites excluding steroid dienone is 2. The lowest BCUT2D eigenvalue weighted by Crippen LogP contribution is -2.40. The van der Waals surface area contributed by atoms with Gasteiger partial charge in [0.2, 0.25) is 5.91 Å². The maximum absolute atomic E-state index is 12.1. The van der Waals surface area contributed by atoms with Gasteiger partial charge in [-0.2, -0.15) is 5.26 Å². The number of amides is 1. The van der Waals surface area contributed by atoms with Crippen molar-refractivity contribution < 1.29 is 4.79 Å². The maximum atomic E-state index is 12.1. The van der Waals surface area contributed by atoms with E-state index in [1.165, 1.54) is 18.2 Å². The van der Waals surface area contributed by atoms with Crippen LogP contribution in [0.15, 0.2) is 37.3 Å². The van der Waals surface area contributed by atoms with E-state index < -0.39 is 5.41 Å². The molecule has 2 saturated carbocycles. The number of nitrogens with zero attached hydrogens (tertiary/aromatic N) is 2. The van der Waals surface area contributed by atoms with Crippen molar-refractivity contribution in [1.29, 1.82) is 5.26 Å². The van der Waals surface area contributed by atoms with Crippen molar-refractivity contribution in [2.75, 3.05) is 5.75 Å². The Labute approximate surface area is 174 Å². The van der Waals surface area contributed by atoms with E-state index in [1.54, 1.807) is 11.8 Å². The van der Waals surface area contributed by atoms with Gasteiger partial charge in [0, 0.05) is 22.7 Å². The highest BCUT2D eigenvalue weighted by Gasteiger charge is 2.47. The number of nitrogens with one attached hydrogen (secondary N) is 2. The molecule has 4 N–H and O–H groups in total. The zero-order valence-electron chi connectivity index (χ0n) is 16.0. The molecule has 0 radical (unpaired) electrons. The third kappa shape index (κ3) is 3.70. The van der Waals surface area contributed by atoms with E-state index in [-0.39, 0.29) is 11.7 Å². The van der Waals surface area contributed by atoms with Crippen LogP contribution in [0.25, 0.3) is 0 Å². The summed E-state index contributed by atoms with van der Waals surface area (Å²) in [5, 5.41) is 20.2. The van der Waals surface area contributed by atoms with E-state index in [2.05, 4.69) is 27.1 Å². The molecule has 0 atom stereocenters. The molecule has 0 aromatic rings. The second-order valence-electron chi connectivity index (χ2n) is 7.81. The fourth-order valence-electron chi connectivity index (χ4n) is 4.18. The van der Waals surface area contributed by atoms with E-state index in [0.29, 0.717) is 22.5 Å². The van der Waals surface area contributed by atoms with Gasteiger partial charge in [-0.25, -0.2) is 4.99 Å². The zero-order valence-corrected chi connectivity index (χ0v) is 17.6. The lowest BCUT2D eigenvalue weighted by atomic mass is 9.64. The van der Waals surface area contributed by atoms with E-state index in [1.807, 2.05) is 6.92 Å². The van der Waals surface area contributed by atoms with Crippen LogP contribution in [0.3, 0.4) is 0 Å². The number of amidine groups is 1. The van der Waals surface area contributed by atoms with E-state index >= 15 is 0 Å². The van der Waals surface area contributed by atoms with Crippen LogP contribution in [0.5, 0.6) is 0 Å². The minimum Gasteiger partial charge on any atom is -0.383 e. The number of carbonyl (C=O) groups excluding carboxylic acids is 1. The zero-order chi connectivity index (χ0) is 19.7. The molecule has 2 aliphatic carbocycles. The van der Waals surface area contributed by atoms with Gasteiger partial charge in [0.1, 0.15) is 10.9 Å². The fourth-order valence-corrected chi connectivity index (χ4v) is 6.07. The fraction of sp³-hybridized carbons (Fsp3) is 0.550. The minimum atomic E-state index is -0.401. The predicted molar refractivity (Wildman–Crippen MR) is 115 cm³/mol. The second-order valence-corrected chi connectivity index (χ2v) is 9.65. The van der Waals surface area contributed by atoms with Crippen LogP contribution in [-0.4, -0.2) is 23.5 Å². The molecule has 1 amide bonds. The molecule has 1 spiro atoms. The SMILES string of the molecule is CC1=CS/C(=C2\C(N)=NC(SCC(=O)NC3CC3)=C(C#N)C23CCCCC3)N1. The molecular formula is C20H25N5OS2. The highest BCUT2D eigenvalue weighted by molar-refractivity contribution is 8.06. The molecule has 6 nitrogen and oxygen atoms in total. The number of carbonyl (C=O) groups is 1. The smallest absolute Gasteiger partial charge is 0.230 e. The molecule has 2 aliphatic heterocycles. The standard InChI is InChI=1S/C20H25N5OS2/c1-12-10-27-19(23-12)16-17(22)25-18(28-11-15(26)24-13-5-6-13)14(9-21)20(16)7-3-2-4-8-20/h10,13,23H,2-8,11H2,1H3,(H2,22,25)(H,24,26)/b19-16+. The number of rotatable bonds is 4. The van der Waals surface area contributed by atoms with Gasteiger partial charge in [0.25, 0.3) is 0 Å². The number of nitriles is 1. The molecule has 0 unspecified atom stereocenters. The molecule has 0 bridgehead atoms. The molecule has 28 heavy (non-hydrogen) atoms. The van der Waals surface area contributed by atoms with Crippen LogP contribution in [0.4, 0.5) is 0 Å². The van der Waals surface area contributed by atoms with Crippen LogP contribution in [0, 0.1) is 16.7 Å². The van der Waals surface area contributed by atoms with Gasteiger partial charge in [-0.1, -0.05) is 42.8 Å². The van der Waals surface area contributed by atoms with Gasteiger partial charge in [-0.15, -0.1) is 0 Å². The molecule has 8 heteroatoms. The normalized spacial score (nSPS) is 26.4. The van der Waals surface area contributed by atoms with Gasteiger partial charge in [-0.3, -0.25) is 4.79 Å². The summed E-state index contributed by atoms with van der Waals surface area (Å²) >= 11 is 2.96. The first kappa shape index (κ1) is 19.5. The number of aliphatic imine (C=N–C) groups is 1. The summed E-state index contributed by atoms with van der Waals surface area (Å²) in [6.07, 6.45) is 7.20. The first-order valence-electron chi connectivity index (χ1n) is 9.80. The molecule has 4 rings (SSSR count). The summed E-state index contributed by atoms with van der Waals surface area (Å²) in [7, 11) is 0. The van der Waals surface area contributed by atoms with E-state index in [9.17, 15) is 10.1 Å². The van der Waals surface area contributed by atoms with Crippen molar-refractivity contribution in [3.63, 3.8) is 0 Å². The Balaban J connectivity index is 1.68. The van der Waals surface area contributed by atoms with Crippen molar-refractivity contribution >= 4 is 35.3 Å². The minimum absolute atomic E-state index is 0.000692. The van der Waals surface area contributed by atoms with Gasteiger partial charge < -0.3 is 16.4 Å². The molecule has 0 saturated heterocycles. The summed E-state index contributed by atoms with van der Waals surface area (Å²) in [5.74, 6) is 0.744. The van der Waals surface area contributed by atoms with Crippen LogP contribution in [0.1, 0.15) is 51.9 Å². The summed E-state index contributed by atoms with van der Waals surface area (Å²) in [6, 6.07) is 2.79. The van der Waals surface area contributed by atoms with Gasteiger partial charge in [0.15, 0.2) is 0 Å². The summed E-state index contributed by atoms with van der Waals surface area (Å²) in [5.41, 5.74) is 8.79. The lowest BCUT2D eigenvalue weighted by Gasteiger charge is -2.42. The number of hydrogen-bond donors (Lipinski definition) is 3. The first-order chi connectivity index (χ1) is 13.5. The van der Waals surface area contributed by atoms with Crippen molar-refractivity contribution in [3.8, 4) is 6.07 Å². The molecule has 0 aromatic heterocycles. The van der Waals surface area contributed by atoms with E-state index in [4.69, 9.17) is 5.73 Å². The molecule has 4 aliphatic rings. The monoisotopic (exact) mass is 415 g/mol. The summed E-state index contributed by atoms with van der Waals surface area (Å²) in [6.45, 7) is 2.02. The summed E-state index contributed by atoms with van der Waals surface area (Å²) in [4.78, 5) is 16.7. The molecular weight excluding hydrogens is 390 g/mol. The Kier molecular flexibility index (Phi) is 5.48. The third-order valence-electron chi connectivity index (χ3n) is 5.64. The van der Waals surface area contributed by atoms with Crippen LogP contribution in [-0.2, 0) is 4.79 Å². The van der Waals surface area contributed by atoms with Gasteiger partial charge >= 0.3 is 0 Å². The van der Waals surface area contributed by atoms with Crippen LogP contribution >= 0.6 is 23.5 Å². The van der Waals surface area contributed by atoms with Gasteiger partial charge in [0.05, 0.1) is 22.4 Å². The topological polar surface area (TPSA) is 103 Å². The highest BCUT2D eigenvalue weighted by atomic mass is 32.2. The molecule has 148 valence electrons. The average Bonchev–Trinajstić information content (AvgIpc) is 3.39. The predicted octanol–water partition coefficient (Wildman–Crippen LogP) is 3.46. The Morgan fingerprint density at radius 3 is 2.82 bits per heavy atom.